The van der Waals surface area contributed by atoms with Crippen molar-refractivity contribution in [3.8, 4) is 73.6 Å². The molecule has 0 saturated carbocycles. The van der Waals surface area contributed by atoms with Crippen LogP contribution in [0.15, 0.2) is 97.1 Å². The predicted octanol–water partition coefficient (Wildman–Crippen LogP) is 8.33. The van der Waals surface area contributed by atoms with E-state index >= 15 is 0 Å². The molecule has 0 N–H and O–H groups in total. The minimum absolute atomic E-state index is 0.573. The summed E-state index contributed by atoms with van der Waals surface area (Å²) in [7, 11) is 10.6. The van der Waals surface area contributed by atoms with Gasteiger partial charge in [0, 0.05) is 30.8 Å². The zero-order chi connectivity index (χ0) is 30.5. The van der Waals surface area contributed by atoms with Gasteiger partial charge in [0.1, 0.15) is 29.1 Å². The second kappa shape index (κ2) is 12.6. The van der Waals surface area contributed by atoms with Crippen molar-refractivity contribution in [2.45, 2.75) is 0 Å². The molecular formula is C37H34N2O4. The van der Waals surface area contributed by atoms with Gasteiger partial charge in [-0.25, -0.2) is 0 Å². The van der Waals surface area contributed by atoms with Gasteiger partial charge in [0.25, 0.3) is 0 Å². The highest BCUT2D eigenvalue weighted by molar-refractivity contribution is 6.09. The van der Waals surface area contributed by atoms with Crippen molar-refractivity contribution >= 4 is 5.69 Å². The standard InChI is InChI=1S/C37H34N2O4/c1-39(2)37-32(23-38)33(24-7-15-28(40-3)16-8-24)34(25-9-17-29(41-4)18-10-25)35(26-11-19-30(42-5)20-12-26)36(37)27-13-21-31(43-6)22-14-27/h7-22H,1-6H3. The zero-order valence-corrected chi connectivity index (χ0v) is 25.3. The molecule has 0 unspecified atom stereocenters. The highest BCUT2D eigenvalue weighted by Gasteiger charge is 2.28. The van der Waals surface area contributed by atoms with Gasteiger partial charge >= 0.3 is 0 Å². The third-order valence-electron chi connectivity index (χ3n) is 7.55. The maximum absolute atomic E-state index is 10.9. The van der Waals surface area contributed by atoms with Crippen LogP contribution in [0, 0.1) is 11.3 Å². The molecule has 0 aliphatic rings. The van der Waals surface area contributed by atoms with Gasteiger partial charge in [0.2, 0.25) is 0 Å². The first-order valence-electron chi connectivity index (χ1n) is 13.8. The van der Waals surface area contributed by atoms with Gasteiger partial charge in [-0.1, -0.05) is 48.5 Å². The Bertz CT molecular complexity index is 1750. The smallest absolute Gasteiger partial charge is 0.118 e. The van der Waals surface area contributed by atoms with E-state index in [1.165, 1.54) is 0 Å². The molecule has 6 heteroatoms. The average molecular weight is 571 g/mol. The molecule has 0 aromatic heterocycles. The van der Waals surface area contributed by atoms with Crippen LogP contribution in [0.5, 0.6) is 23.0 Å². The predicted molar refractivity (Wildman–Crippen MR) is 173 cm³/mol. The largest absolute Gasteiger partial charge is 0.497 e. The van der Waals surface area contributed by atoms with E-state index in [0.29, 0.717) is 5.56 Å². The summed E-state index contributed by atoms with van der Waals surface area (Å²) in [5.74, 6) is 3.01. The Morgan fingerprint density at radius 3 is 1.00 bits per heavy atom. The van der Waals surface area contributed by atoms with E-state index in [0.717, 1.165) is 73.2 Å². The van der Waals surface area contributed by atoms with Crippen LogP contribution in [0.1, 0.15) is 5.56 Å². The van der Waals surface area contributed by atoms with Crippen LogP contribution < -0.4 is 23.8 Å². The normalized spacial score (nSPS) is 10.5. The van der Waals surface area contributed by atoms with Crippen molar-refractivity contribution in [2.75, 3.05) is 47.4 Å². The third kappa shape index (κ3) is 5.58. The number of rotatable bonds is 9. The van der Waals surface area contributed by atoms with Crippen molar-refractivity contribution in [3.63, 3.8) is 0 Å². The van der Waals surface area contributed by atoms with E-state index < -0.39 is 0 Å². The van der Waals surface area contributed by atoms with Crippen molar-refractivity contribution in [3.05, 3.63) is 103 Å². The first-order chi connectivity index (χ1) is 20.9. The van der Waals surface area contributed by atoms with Gasteiger partial charge in [-0.05, 0) is 76.3 Å². The number of methoxy groups -OCH3 is 4. The van der Waals surface area contributed by atoms with Crippen LogP contribution in [0.25, 0.3) is 44.5 Å². The lowest BCUT2D eigenvalue weighted by Crippen LogP contribution is -2.14. The maximum atomic E-state index is 10.9. The molecule has 5 rings (SSSR count). The Morgan fingerprint density at radius 1 is 0.442 bits per heavy atom. The first-order valence-corrected chi connectivity index (χ1v) is 13.8. The number of hydrogen-bond acceptors (Lipinski definition) is 6. The lowest BCUT2D eigenvalue weighted by Gasteiger charge is -2.29. The SMILES string of the molecule is COc1ccc(-c2c(C#N)c(N(C)C)c(-c3ccc(OC)cc3)c(-c3ccc(OC)cc3)c2-c2ccc(OC)cc2)cc1. The lowest BCUT2D eigenvalue weighted by molar-refractivity contribution is 0.414. The molecule has 0 heterocycles. The summed E-state index contributed by atoms with van der Waals surface area (Å²) in [5.41, 5.74) is 8.90. The lowest BCUT2D eigenvalue weighted by atomic mass is 9.79. The number of hydrogen-bond donors (Lipinski definition) is 0. The van der Waals surface area contributed by atoms with Crippen molar-refractivity contribution in [2.24, 2.45) is 0 Å². The van der Waals surface area contributed by atoms with E-state index in [4.69, 9.17) is 18.9 Å². The van der Waals surface area contributed by atoms with Crippen LogP contribution in [0.2, 0.25) is 0 Å². The van der Waals surface area contributed by atoms with Crippen molar-refractivity contribution in [1.29, 1.82) is 5.26 Å². The minimum atomic E-state index is 0.573. The molecule has 0 spiro atoms. The maximum Gasteiger partial charge on any atom is 0.118 e. The van der Waals surface area contributed by atoms with Gasteiger partial charge in [-0.2, -0.15) is 5.26 Å². The van der Waals surface area contributed by atoms with Crippen LogP contribution >= 0.6 is 0 Å². The van der Waals surface area contributed by atoms with E-state index in [1.807, 2.05) is 104 Å². The van der Waals surface area contributed by atoms with Crippen LogP contribution in [0.3, 0.4) is 0 Å². The average Bonchev–Trinajstić information content (AvgIpc) is 3.07. The summed E-state index contributed by atoms with van der Waals surface area (Å²) in [6.45, 7) is 0. The van der Waals surface area contributed by atoms with Gasteiger partial charge in [0.15, 0.2) is 0 Å². The summed E-state index contributed by atoms with van der Waals surface area (Å²) in [6.07, 6.45) is 0. The molecule has 0 saturated heterocycles. The topological polar surface area (TPSA) is 64.0 Å². The van der Waals surface area contributed by atoms with Gasteiger partial charge < -0.3 is 23.8 Å². The van der Waals surface area contributed by atoms with E-state index in [-0.39, 0.29) is 0 Å². The first kappa shape index (κ1) is 29.1. The van der Waals surface area contributed by atoms with Gasteiger partial charge in [-0.15, -0.1) is 0 Å². The van der Waals surface area contributed by atoms with Gasteiger partial charge in [0.05, 0.1) is 39.7 Å². The summed E-state index contributed by atoms with van der Waals surface area (Å²) in [4.78, 5) is 2.02. The Kier molecular flexibility index (Phi) is 8.54. The highest BCUT2D eigenvalue weighted by Crippen LogP contribution is 2.53. The molecule has 0 aliphatic carbocycles. The summed E-state index contributed by atoms with van der Waals surface area (Å²) >= 11 is 0. The quantitative estimate of drug-likeness (QED) is 0.178. The molecule has 0 radical (unpaired) electrons. The Labute approximate surface area is 253 Å². The fraction of sp³-hybridized carbons (Fsp3) is 0.162. The van der Waals surface area contributed by atoms with Crippen LogP contribution in [-0.2, 0) is 0 Å². The molecule has 0 fully saturated rings. The van der Waals surface area contributed by atoms with Gasteiger partial charge in [-0.3, -0.25) is 0 Å². The Hall–Kier alpha value is -5.41. The molecule has 0 bridgehead atoms. The molecule has 0 atom stereocenters. The number of anilines is 1. The van der Waals surface area contributed by atoms with Crippen molar-refractivity contribution in [1.82, 2.24) is 0 Å². The molecule has 5 aromatic rings. The molecule has 216 valence electrons. The summed E-state index contributed by atoms with van der Waals surface area (Å²) < 4.78 is 22.0. The number of nitrogens with zero attached hydrogens (tertiary/aromatic N) is 2. The van der Waals surface area contributed by atoms with Crippen molar-refractivity contribution < 1.29 is 18.9 Å². The van der Waals surface area contributed by atoms with Crippen LogP contribution in [0.4, 0.5) is 5.69 Å². The number of nitriles is 1. The summed E-state index contributed by atoms with van der Waals surface area (Å²) in [6, 6.07) is 34.5. The number of ether oxygens (including phenoxy) is 4. The second-order valence-corrected chi connectivity index (χ2v) is 10.1. The Balaban J connectivity index is 2.03. The highest BCUT2D eigenvalue weighted by atomic mass is 16.5. The summed E-state index contributed by atoms with van der Waals surface area (Å²) in [5, 5.41) is 10.9. The molecule has 0 aliphatic heterocycles. The molecule has 43 heavy (non-hydrogen) atoms. The molecule has 5 aromatic carbocycles. The fourth-order valence-electron chi connectivity index (χ4n) is 5.47. The molecule has 6 nitrogen and oxygen atoms in total. The monoisotopic (exact) mass is 570 g/mol. The third-order valence-corrected chi connectivity index (χ3v) is 7.55. The molecule has 0 amide bonds. The van der Waals surface area contributed by atoms with E-state index in [2.05, 4.69) is 18.2 Å². The fourth-order valence-corrected chi connectivity index (χ4v) is 5.47. The second-order valence-electron chi connectivity index (χ2n) is 10.1. The number of benzene rings is 5. The minimum Gasteiger partial charge on any atom is -0.497 e. The Morgan fingerprint density at radius 2 is 0.721 bits per heavy atom. The van der Waals surface area contributed by atoms with Crippen LogP contribution in [-0.4, -0.2) is 42.5 Å². The van der Waals surface area contributed by atoms with E-state index in [1.54, 1.807) is 28.4 Å². The zero-order valence-electron chi connectivity index (χ0n) is 25.3. The van der Waals surface area contributed by atoms with E-state index in [9.17, 15) is 5.26 Å². The molecular weight excluding hydrogens is 536 g/mol.